The molecule has 0 fully saturated rings. The summed E-state index contributed by atoms with van der Waals surface area (Å²) in [6, 6.07) is 26.5. The Morgan fingerprint density at radius 2 is 0.941 bits per heavy atom. The standard InChI is InChI=1S/C26H30.2H3O3P/c1-25(2,3)20-16-17-23(24(18-20)26(4,5)6)22-15-11-10-14-21(22)19-12-8-7-9-13-19;2*1-4(2)3/h7-18H,1-6H3;2*1-3H. The van der Waals surface area contributed by atoms with Gasteiger partial charge in [-0.15, -0.1) is 0 Å². The maximum absolute atomic E-state index is 7.23. The Morgan fingerprint density at radius 1 is 0.500 bits per heavy atom. The van der Waals surface area contributed by atoms with E-state index in [0.717, 1.165) is 0 Å². The van der Waals surface area contributed by atoms with Crippen LogP contribution in [0.3, 0.4) is 0 Å². The zero-order valence-corrected chi connectivity index (χ0v) is 22.3. The first-order chi connectivity index (χ1) is 15.6. The highest BCUT2D eigenvalue weighted by atomic mass is 31.2. The van der Waals surface area contributed by atoms with Gasteiger partial charge in [-0.1, -0.05) is 114 Å². The number of rotatable bonds is 2. The van der Waals surface area contributed by atoms with E-state index in [0.29, 0.717) is 0 Å². The van der Waals surface area contributed by atoms with Crippen molar-refractivity contribution in [3.05, 3.63) is 83.9 Å². The molecule has 0 aliphatic carbocycles. The first-order valence-electron chi connectivity index (χ1n) is 10.7. The first-order valence-corrected chi connectivity index (χ1v) is 13.1. The molecule has 0 radical (unpaired) electrons. The van der Waals surface area contributed by atoms with Gasteiger partial charge in [-0.2, -0.15) is 0 Å². The van der Waals surface area contributed by atoms with Crippen molar-refractivity contribution < 1.29 is 29.4 Å². The van der Waals surface area contributed by atoms with Crippen molar-refractivity contribution in [3.8, 4) is 22.3 Å². The van der Waals surface area contributed by atoms with Gasteiger partial charge in [0.1, 0.15) is 0 Å². The van der Waals surface area contributed by atoms with E-state index >= 15 is 0 Å². The minimum Gasteiger partial charge on any atom is -0.328 e. The molecule has 0 saturated heterocycles. The van der Waals surface area contributed by atoms with Crippen molar-refractivity contribution in [2.45, 2.75) is 52.4 Å². The van der Waals surface area contributed by atoms with Crippen molar-refractivity contribution in [1.82, 2.24) is 0 Å². The monoisotopic (exact) mass is 506 g/mol. The predicted molar refractivity (Wildman–Crippen MR) is 142 cm³/mol. The largest absolute Gasteiger partial charge is 0.328 e. The van der Waals surface area contributed by atoms with Crippen LogP contribution in [0.5, 0.6) is 0 Å². The van der Waals surface area contributed by atoms with Gasteiger partial charge < -0.3 is 29.4 Å². The fourth-order valence-electron chi connectivity index (χ4n) is 3.45. The summed E-state index contributed by atoms with van der Waals surface area (Å²) in [5, 5.41) is 0. The lowest BCUT2D eigenvalue weighted by Crippen LogP contribution is -2.17. The van der Waals surface area contributed by atoms with E-state index in [1.165, 1.54) is 33.4 Å². The van der Waals surface area contributed by atoms with Crippen LogP contribution in [0.1, 0.15) is 52.7 Å². The molecule has 3 aromatic rings. The smallest absolute Gasteiger partial charge is 0.324 e. The molecule has 0 aliphatic heterocycles. The minimum absolute atomic E-state index is 0.0837. The van der Waals surface area contributed by atoms with Gasteiger partial charge in [0.15, 0.2) is 0 Å². The van der Waals surface area contributed by atoms with Crippen molar-refractivity contribution in [2.24, 2.45) is 0 Å². The first kappa shape index (κ1) is 30.3. The molecule has 0 atom stereocenters. The van der Waals surface area contributed by atoms with Crippen LogP contribution in [0.25, 0.3) is 22.3 Å². The Hall–Kier alpha value is -1.72. The van der Waals surface area contributed by atoms with Crippen molar-refractivity contribution >= 4 is 17.2 Å². The third kappa shape index (κ3) is 10.3. The van der Waals surface area contributed by atoms with E-state index < -0.39 is 17.2 Å². The van der Waals surface area contributed by atoms with Crippen molar-refractivity contribution in [3.63, 3.8) is 0 Å². The highest BCUT2D eigenvalue weighted by Crippen LogP contribution is 2.40. The molecule has 34 heavy (non-hydrogen) atoms. The summed E-state index contributed by atoms with van der Waals surface area (Å²) in [6.45, 7) is 13.8. The Balaban J connectivity index is 0.000000629. The molecule has 8 heteroatoms. The average molecular weight is 507 g/mol. The second-order valence-corrected chi connectivity index (χ2v) is 10.8. The Morgan fingerprint density at radius 3 is 1.38 bits per heavy atom. The molecule has 0 unspecified atom stereocenters. The van der Waals surface area contributed by atoms with E-state index in [-0.39, 0.29) is 10.8 Å². The second-order valence-electron chi connectivity index (χ2n) is 9.71. The van der Waals surface area contributed by atoms with Crippen LogP contribution in [-0.4, -0.2) is 29.4 Å². The van der Waals surface area contributed by atoms with Crippen molar-refractivity contribution in [1.29, 1.82) is 0 Å². The van der Waals surface area contributed by atoms with Crippen LogP contribution in [0.2, 0.25) is 0 Å². The molecular formula is C26H36O6P2. The van der Waals surface area contributed by atoms with E-state index in [1.54, 1.807) is 0 Å². The van der Waals surface area contributed by atoms with Crippen LogP contribution in [0.4, 0.5) is 0 Å². The third-order valence-electron chi connectivity index (χ3n) is 5.00. The summed E-state index contributed by atoms with van der Waals surface area (Å²) in [5.41, 5.74) is 8.24. The zero-order valence-electron chi connectivity index (χ0n) is 20.5. The van der Waals surface area contributed by atoms with Gasteiger partial charge in [0.05, 0.1) is 0 Å². The highest BCUT2D eigenvalue weighted by molar-refractivity contribution is 7.38. The van der Waals surface area contributed by atoms with Crippen LogP contribution >= 0.6 is 17.2 Å². The summed E-state index contributed by atoms with van der Waals surface area (Å²) in [6.07, 6.45) is 0. The lowest BCUT2D eigenvalue weighted by molar-refractivity contribution is 0.366. The maximum atomic E-state index is 7.23. The third-order valence-corrected chi connectivity index (χ3v) is 5.00. The summed E-state index contributed by atoms with van der Waals surface area (Å²) in [5.74, 6) is 0. The lowest BCUT2D eigenvalue weighted by Gasteiger charge is -2.28. The Bertz CT molecular complexity index is 998. The van der Waals surface area contributed by atoms with E-state index in [1.807, 2.05) is 0 Å². The molecule has 0 aliphatic rings. The second kappa shape index (κ2) is 13.4. The molecule has 0 amide bonds. The van der Waals surface area contributed by atoms with Crippen LogP contribution in [0.15, 0.2) is 72.8 Å². The quantitative estimate of drug-likeness (QED) is 0.237. The predicted octanol–water partition coefficient (Wildman–Crippen LogP) is 6.00. The van der Waals surface area contributed by atoms with Gasteiger partial charge >= 0.3 is 17.2 Å². The zero-order chi connectivity index (χ0) is 26.1. The summed E-state index contributed by atoms with van der Waals surface area (Å²) >= 11 is 0. The Labute approximate surface area is 205 Å². The molecule has 6 N–H and O–H groups in total. The van der Waals surface area contributed by atoms with E-state index in [9.17, 15) is 0 Å². The van der Waals surface area contributed by atoms with Gasteiger partial charge in [0.25, 0.3) is 0 Å². The minimum atomic E-state index is -2.62. The molecular weight excluding hydrogens is 470 g/mol. The maximum Gasteiger partial charge on any atom is 0.324 e. The SMILES string of the molecule is CC(C)(C)c1ccc(-c2ccccc2-c2ccccc2)c(C(C)(C)C)c1.OP(O)O.OP(O)O. The fraction of sp³-hybridized carbons (Fsp3) is 0.308. The van der Waals surface area contributed by atoms with Crippen LogP contribution in [0, 0.1) is 0 Å². The van der Waals surface area contributed by atoms with Gasteiger partial charge in [-0.3, -0.25) is 0 Å². The topological polar surface area (TPSA) is 121 Å². The number of hydrogen-bond acceptors (Lipinski definition) is 6. The average Bonchev–Trinajstić information content (AvgIpc) is 2.72. The normalized spacial score (nSPS) is 11.5. The number of benzene rings is 3. The molecule has 0 spiro atoms. The van der Waals surface area contributed by atoms with Gasteiger partial charge in [-0.25, -0.2) is 0 Å². The van der Waals surface area contributed by atoms with Crippen molar-refractivity contribution in [2.75, 3.05) is 0 Å². The van der Waals surface area contributed by atoms with Crippen LogP contribution < -0.4 is 0 Å². The van der Waals surface area contributed by atoms with Crippen LogP contribution in [-0.2, 0) is 10.8 Å². The number of hydrogen-bond donors (Lipinski definition) is 6. The highest BCUT2D eigenvalue weighted by Gasteiger charge is 2.23. The van der Waals surface area contributed by atoms with Gasteiger partial charge in [0.2, 0.25) is 0 Å². The summed E-state index contributed by atoms with van der Waals surface area (Å²) in [7, 11) is -5.24. The molecule has 0 aromatic heterocycles. The summed E-state index contributed by atoms with van der Waals surface area (Å²) in [4.78, 5) is 43.4. The summed E-state index contributed by atoms with van der Waals surface area (Å²) < 4.78 is 0. The molecule has 0 heterocycles. The van der Waals surface area contributed by atoms with Gasteiger partial charge in [0, 0.05) is 0 Å². The Kier molecular flexibility index (Phi) is 11.9. The lowest BCUT2D eigenvalue weighted by atomic mass is 9.76. The van der Waals surface area contributed by atoms with E-state index in [2.05, 4.69) is 114 Å². The molecule has 186 valence electrons. The molecule has 6 nitrogen and oxygen atoms in total. The molecule has 0 bridgehead atoms. The molecule has 0 saturated carbocycles. The molecule has 3 aromatic carbocycles. The molecule has 3 rings (SSSR count). The van der Waals surface area contributed by atoms with E-state index in [4.69, 9.17) is 29.4 Å². The van der Waals surface area contributed by atoms with Gasteiger partial charge in [-0.05, 0) is 44.2 Å². The fourth-order valence-corrected chi connectivity index (χ4v) is 3.45.